The molecule has 1 aliphatic heterocycles. The molecule has 0 spiro atoms. The molecule has 5 nitrogen and oxygen atoms in total. The van der Waals surface area contributed by atoms with Crippen LogP contribution in [0.25, 0.3) is 0 Å². The maximum atomic E-state index is 5.39. The molecular weight excluding hydrogens is 156 g/mol. The predicted octanol–water partition coefficient (Wildman–Crippen LogP) is -0.302. The molecule has 2 heterocycles. The lowest BCUT2D eigenvalue weighted by atomic mass is 10.3. The molecule has 0 saturated carbocycles. The van der Waals surface area contributed by atoms with Gasteiger partial charge in [-0.05, 0) is 6.42 Å². The monoisotopic (exact) mass is 168 g/mol. The fraction of sp³-hybridized carbons (Fsp3) is 0.714. The Labute approximate surface area is 70.5 Å². The third-order valence-electron chi connectivity index (χ3n) is 2.02. The number of aromatic nitrogens is 3. The van der Waals surface area contributed by atoms with E-state index in [1.54, 1.807) is 6.33 Å². The number of rotatable bonds is 2. The quantitative estimate of drug-likeness (QED) is 0.658. The van der Waals surface area contributed by atoms with Crippen LogP contribution in [0.2, 0.25) is 0 Å². The molecule has 0 aliphatic carbocycles. The van der Waals surface area contributed by atoms with E-state index in [1.807, 2.05) is 4.68 Å². The maximum absolute atomic E-state index is 5.39. The molecule has 0 bridgehead atoms. The topological polar surface area (TPSA) is 66.0 Å². The summed E-state index contributed by atoms with van der Waals surface area (Å²) >= 11 is 0. The lowest BCUT2D eigenvalue weighted by molar-refractivity contribution is 0.184. The first-order valence-corrected chi connectivity index (χ1v) is 4.08. The van der Waals surface area contributed by atoms with Crippen LogP contribution in [-0.4, -0.2) is 28.0 Å². The van der Waals surface area contributed by atoms with Gasteiger partial charge in [-0.15, -0.1) is 0 Å². The number of nitrogens with zero attached hydrogens (tertiary/aromatic N) is 3. The molecule has 1 saturated heterocycles. The van der Waals surface area contributed by atoms with Crippen LogP contribution in [-0.2, 0) is 11.3 Å². The van der Waals surface area contributed by atoms with E-state index in [2.05, 4.69) is 10.1 Å². The average Bonchev–Trinajstić information content (AvgIpc) is 2.75. The van der Waals surface area contributed by atoms with Gasteiger partial charge in [-0.3, -0.25) is 0 Å². The van der Waals surface area contributed by atoms with E-state index in [-0.39, 0.29) is 0 Å². The fourth-order valence-electron chi connectivity index (χ4n) is 1.31. The average molecular weight is 168 g/mol. The highest BCUT2D eigenvalue weighted by Gasteiger charge is 2.18. The van der Waals surface area contributed by atoms with Crippen LogP contribution in [0, 0.1) is 0 Å². The lowest BCUT2D eigenvalue weighted by Gasteiger charge is -2.05. The van der Waals surface area contributed by atoms with Gasteiger partial charge < -0.3 is 10.5 Å². The number of hydrogen-bond acceptors (Lipinski definition) is 4. The van der Waals surface area contributed by atoms with Crippen molar-refractivity contribution in [1.29, 1.82) is 0 Å². The summed E-state index contributed by atoms with van der Waals surface area (Å²) in [5.41, 5.74) is 5.39. The van der Waals surface area contributed by atoms with Crippen LogP contribution in [0.3, 0.4) is 0 Å². The predicted molar refractivity (Wildman–Crippen MR) is 42.4 cm³/mol. The Bertz CT molecular complexity index is 254. The zero-order valence-corrected chi connectivity index (χ0v) is 6.81. The Morgan fingerprint density at radius 3 is 3.25 bits per heavy atom. The van der Waals surface area contributed by atoms with E-state index < -0.39 is 0 Å². The van der Waals surface area contributed by atoms with Gasteiger partial charge in [-0.25, -0.2) is 9.67 Å². The van der Waals surface area contributed by atoms with Gasteiger partial charge in [-0.1, -0.05) is 0 Å². The van der Waals surface area contributed by atoms with Crippen molar-refractivity contribution in [3.63, 3.8) is 0 Å². The van der Waals surface area contributed by atoms with Gasteiger partial charge in [0.2, 0.25) is 0 Å². The molecule has 2 rings (SSSR count). The molecule has 1 aliphatic rings. The van der Waals surface area contributed by atoms with Gasteiger partial charge in [0, 0.05) is 6.61 Å². The number of hydrogen-bond donors (Lipinski definition) is 1. The summed E-state index contributed by atoms with van der Waals surface area (Å²) in [7, 11) is 0. The SMILES string of the molecule is NCc1ncn(C2CCOC2)n1. The standard InChI is InChI=1S/C7H12N4O/c8-3-7-9-5-11(10-7)6-1-2-12-4-6/h5-6H,1-4,8H2. The van der Waals surface area contributed by atoms with Crippen molar-refractivity contribution in [3.05, 3.63) is 12.2 Å². The molecule has 12 heavy (non-hydrogen) atoms. The summed E-state index contributed by atoms with van der Waals surface area (Å²) in [5, 5.41) is 4.21. The lowest BCUT2D eigenvalue weighted by Crippen LogP contribution is -2.10. The molecule has 0 amide bonds. The van der Waals surface area contributed by atoms with Crippen LogP contribution in [0.15, 0.2) is 6.33 Å². The van der Waals surface area contributed by atoms with E-state index in [0.29, 0.717) is 18.4 Å². The Kier molecular flexibility index (Phi) is 2.05. The minimum Gasteiger partial charge on any atom is -0.379 e. The van der Waals surface area contributed by atoms with E-state index in [0.717, 1.165) is 19.6 Å². The van der Waals surface area contributed by atoms with Gasteiger partial charge in [0.25, 0.3) is 0 Å². The minimum absolute atomic E-state index is 0.359. The van der Waals surface area contributed by atoms with Crippen LogP contribution < -0.4 is 5.73 Å². The maximum Gasteiger partial charge on any atom is 0.164 e. The van der Waals surface area contributed by atoms with E-state index in [4.69, 9.17) is 10.5 Å². The first kappa shape index (κ1) is 7.70. The largest absolute Gasteiger partial charge is 0.379 e. The highest BCUT2D eigenvalue weighted by atomic mass is 16.5. The van der Waals surface area contributed by atoms with E-state index >= 15 is 0 Å². The highest BCUT2D eigenvalue weighted by Crippen LogP contribution is 2.16. The Morgan fingerprint density at radius 2 is 2.67 bits per heavy atom. The molecular formula is C7H12N4O. The minimum atomic E-state index is 0.359. The Balaban J connectivity index is 2.11. The third kappa shape index (κ3) is 1.33. The zero-order chi connectivity index (χ0) is 8.39. The van der Waals surface area contributed by atoms with Crippen molar-refractivity contribution in [3.8, 4) is 0 Å². The molecule has 1 aromatic heterocycles. The normalized spacial score (nSPS) is 23.2. The van der Waals surface area contributed by atoms with Crippen molar-refractivity contribution in [1.82, 2.24) is 14.8 Å². The van der Waals surface area contributed by atoms with Crippen LogP contribution in [0.4, 0.5) is 0 Å². The van der Waals surface area contributed by atoms with Crippen LogP contribution in [0.1, 0.15) is 18.3 Å². The van der Waals surface area contributed by atoms with Gasteiger partial charge in [0.05, 0.1) is 19.2 Å². The molecule has 5 heteroatoms. The highest BCUT2D eigenvalue weighted by molar-refractivity contribution is 4.82. The van der Waals surface area contributed by atoms with Gasteiger partial charge >= 0.3 is 0 Å². The molecule has 1 unspecified atom stereocenters. The molecule has 1 atom stereocenters. The van der Waals surface area contributed by atoms with Crippen molar-refractivity contribution in [2.75, 3.05) is 13.2 Å². The second-order valence-electron chi connectivity index (χ2n) is 2.86. The zero-order valence-electron chi connectivity index (χ0n) is 6.81. The van der Waals surface area contributed by atoms with E-state index in [9.17, 15) is 0 Å². The molecule has 1 aromatic rings. The van der Waals surface area contributed by atoms with E-state index in [1.165, 1.54) is 0 Å². The first-order chi connectivity index (χ1) is 5.90. The second-order valence-corrected chi connectivity index (χ2v) is 2.86. The fourth-order valence-corrected chi connectivity index (χ4v) is 1.31. The van der Waals surface area contributed by atoms with Gasteiger partial charge in [0.15, 0.2) is 5.82 Å². The molecule has 0 radical (unpaired) electrons. The summed E-state index contributed by atoms with van der Waals surface area (Å²) in [6.45, 7) is 1.97. The smallest absolute Gasteiger partial charge is 0.164 e. The van der Waals surface area contributed by atoms with Gasteiger partial charge in [-0.2, -0.15) is 5.10 Å². The van der Waals surface area contributed by atoms with Crippen molar-refractivity contribution in [2.24, 2.45) is 5.73 Å². The summed E-state index contributed by atoms with van der Waals surface area (Å²) in [6.07, 6.45) is 2.74. The summed E-state index contributed by atoms with van der Waals surface area (Å²) in [6, 6.07) is 0.359. The second kappa shape index (κ2) is 3.20. The summed E-state index contributed by atoms with van der Waals surface area (Å²) < 4.78 is 7.08. The number of nitrogens with two attached hydrogens (primary N) is 1. The van der Waals surface area contributed by atoms with Crippen molar-refractivity contribution in [2.45, 2.75) is 19.0 Å². The van der Waals surface area contributed by atoms with Crippen LogP contribution >= 0.6 is 0 Å². The Hall–Kier alpha value is -0.940. The first-order valence-electron chi connectivity index (χ1n) is 4.08. The summed E-state index contributed by atoms with van der Waals surface area (Å²) in [4.78, 5) is 4.05. The molecule has 2 N–H and O–H groups in total. The molecule has 66 valence electrons. The van der Waals surface area contributed by atoms with Crippen molar-refractivity contribution < 1.29 is 4.74 Å². The van der Waals surface area contributed by atoms with Crippen LogP contribution in [0.5, 0.6) is 0 Å². The molecule has 1 fully saturated rings. The Morgan fingerprint density at radius 1 is 1.75 bits per heavy atom. The molecule has 0 aromatic carbocycles. The van der Waals surface area contributed by atoms with Crippen molar-refractivity contribution >= 4 is 0 Å². The van der Waals surface area contributed by atoms with Gasteiger partial charge in [0.1, 0.15) is 6.33 Å². The third-order valence-corrected chi connectivity index (χ3v) is 2.02. The number of ether oxygens (including phenoxy) is 1. The summed E-state index contributed by atoms with van der Waals surface area (Å²) in [5.74, 6) is 0.696.